The summed E-state index contributed by atoms with van der Waals surface area (Å²) < 4.78 is 2.21. The molecule has 1 aliphatic carbocycles. The second-order valence-corrected chi connectivity index (χ2v) is 6.16. The van der Waals surface area contributed by atoms with Crippen molar-refractivity contribution in [2.75, 3.05) is 20.1 Å². The standard InChI is InChI=1S/C12H20BrN3/c1-10-14-3-4-16(10)6-5-15(2)9-11-7-12(13)8-11/h3-4,11-12H,5-9H2,1-2H3. The minimum absolute atomic E-state index is 0.779. The van der Waals surface area contributed by atoms with Crippen LogP contribution >= 0.6 is 15.9 Å². The van der Waals surface area contributed by atoms with Crippen molar-refractivity contribution in [1.29, 1.82) is 0 Å². The van der Waals surface area contributed by atoms with Crippen LogP contribution in [0.5, 0.6) is 0 Å². The van der Waals surface area contributed by atoms with Crippen LogP contribution in [0.25, 0.3) is 0 Å². The molecular formula is C12H20BrN3. The average molecular weight is 286 g/mol. The van der Waals surface area contributed by atoms with Crippen LogP contribution in [-0.4, -0.2) is 39.4 Å². The Morgan fingerprint density at radius 3 is 2.88 bits per heavy atom. The fourth-order valence-corrected chi connectivity index (χ4v) is 3.31. The van der Waals surface area contributed by atoms with E-state index >= 15 is 0 Å². The molecule has 0 atom stereocenters. The van der Waals surface area contributed by atoms with Crippen molar-refractivity contribution >= 4 is 15.9 Å². The molecule has 1 aliphatic rings. The quantitative estimate of drug-likeness (QED) is 0.774. The molecule has 1 saturated carbocycles. The molecule has 1 fully saturated rings. The third-order valence-corrected chi connectivity index (χ3v) is 4.14. The van der Waals surface area contributed by atoms with Crippen molar-refractivity contribution in [1.82, 2.24) is 14.5 Å². The molecule has 1 aromatic rings. The van der Waals surface area contributed by atoms with E-state index in [1.165, 1.54) is 19.4 Å². The van der Waals surface area contributed by atoms with Crippen molar-refractivity contribution in [3.05, 3.63) is 18.2 Å². The molecule has 3 nitrogen and oxygen atoms in total. The minimum atomic E-state index is 0.779. The fraction of sp³-hybridized carbons (Fsp3) is 0.750. The molecule has 2 rings (SSSR count). The molecule has 0 unspecified atom stereocenters. The summed E-state index contributed by atoms with van der Waals surface area (Å²) in [4.78, 5) is 7.44. The average Bonchev–Trinajstić information content (AvgIpc) is 2.59. The summed E-state index contributed by atoms with van der Waals surface area (Å²) in [7, 11) is 2.22. The highest BCUT2D eigenvalue weighted by atomic mass is 79.9. The number of imidazole rings is 1. The van der Waals surface area contributed by atoms with E-state index in [1.807, 2.05) is 6.20 Å². The second kappa shape index (κ2) is 5.32. The van der Waals surface area contributed by atoms with Crippen molar-refractivity contribution in [2.24, 2.45) is 5.92 Å². The van der Waals surface area contributed by atoms with Crippen molar-refractivity contribution in [2.45, 2.75) is 31.1 Å². The van der Waals surface area contributed by atoms with Crippen LogP contribution in [0, 0.1) is 12.8 Å². The van der Waals surface area contributed by atoms with Crippen LogP contribution in [0.15, 0.2) is 12.4 Å². The van der Waals surface area contributed by atoms with Gasteiger partial charge in [0.25, 0.3) is 0 Å². The largest absolute Gasteiger partial charge is 0.334 e. The van der Waals surface area contributed by atoms with Crippen LogP contribution in [0.2, 0.25) is 0 Å². The van der Waals surface area contributed by atoms with Gasteiger partial charge in [0.15, 0.2) is 0 Å². The highest BCUT2D eigenvalue weighted by Crippen LogP contribution is 2.33. The van der Waals surface area contributed by atoms with Gasteiger partial charge in [-0.25, -0.2) is 4.98 Å². The predicted molar refractivity (Wildman–Crippen MR) is 69.9 cm³/mol. The highest BCUT2D eigenvalue weighted by molar-refractivity contribution is 9.09. The van der Waals surface area contributed by atoms with Gasteiger partial charge in [-0.3, -0.25) is 0 Å². The summed E-state index contributed by atoms with van der Waals surface area (Å²) in [5.41, 5.74) is 0. The van der Waals surface area contributed by atoms with Crippen molar-refractivity contribution in [3.8, 4) is 0 Å². The van der Waals surface area contributed by atoms with E-state index in [2.05, 4.69) is 50.5 Å². The molecule has 0 amide bonds. The number of hydrogen-bond donors (Lipinski definition) is 0. The Labute approximate surface area is 106 Å². The van der Waals surface area contributed by atoms with E-state index < -0.39 is 0 Å². The molecule has 0 radical (unpaired) electrons. The molecule has 0 N–H and O–H groups in total. The summed E-state index contributed by atoms with van der Waals surface area (Å²) in [5, 5.41) is 0. The number of rotatable bonds is 5. The maximum Gasteiger partial charge on any atom is 0.105 e. The smallest absolute Gasteiger partial charge is 0.105 e. The fourth-order valence-electron chi connectivity index (χ4n) is 2.25. The Kier molecular flexibility index (Phi) is 4.03. The van der Waals surface area contributed by atoms with Gasteiger partial charge in [0.1, 0.15) is 5.82 Å². The summed E-state index contributed by atoms with van der Waals surface area (Å²) in [6, 6.07) is 0. The molecule has 1 aromatic heterocycles. The molecule has 0 aromatic carbocycles. The summed E-state index contributed by atoms with van der Waals surface area (Å²) >= 11 is 3.64. The summed E-state index contributed by atoms with van der Waals surface area (Å²) in [5.74, 6) is 2.01. The first kappa shape index (κ1) is 12.1. The highest BCUT2D eigenvalue weighted by Gasteiger charge is 2.27. The Balaban J connectivity index is 1.68. The van der Waals surface area contributed by atoms with Gasteiger partial charge >= 0.3 is 0 Å². The maximum absolute atomic E-state index is 4.23. The number of aromatic nitrogens is 2. The van der Waals surface area contributed by atoms with Crippen LogP contribution in [0.4, 0.5) is 0 Å². The SMILES string of the molecule is Cc1nccn1CCN(C)CC1CC(Br)C1. The van der Waals surface area contributed by atoms with E-state index in [0.717, 1.165) is 29.7 Å². The molecule has 90 valence electrons. The Bertz CT molecular complexity index is 331. The number of alkyl halides is 1. The minimum Gasteiger partial charge on any atom is -0.334 e. The lowest BCUT2D eigenvalue weighted by molar-refractivity contribution is 0.208. The van der Waals surface area contributed by atoms with Gasteiger partial charge in [-0.05, 0) is 32.7 Å². The number of aryl methyl sites for hydroxylation is 1. The molecule has 1 heterocycles. The summed E-state index contributed by atoms with van der Waals surface area (Å²) in [6.45, 7) is 5.45. The number of hydrogen-bond acceptors (Lipinski definition) is 2. The van der Waals surface area contributed by atoms with Gasteiger partial charge in [-0.2, -0.15) is 0 Å². The van der Waals surface area contributed by atoms with E-state index in [1.54, 1.807) is 0 Å². The third-order valence-electron chi connectivity index (χ3n) is 3.39. The zero-order chi connectivity index (χ0) is 11.5. The predicted octanol–water partition coefficient (Wildman–Crippen LogP) is 2.30. The van der Waals surface area contributed by atoms with Gasteiger partial charge in [-0.15, -0.1) is 0 Å². The zero-order valence-corrected chi connectivity index (χ0v) is 11.7. The molecule has 0 aliphatic heterocycles. The maximum atomic E-state index is 4.23. The van der Waals surface area contributed by atoms with Gasteiger partial charge in [-0.1, -0.05) is 15.9 Å². The normalized spacial score (nSPS) is 24.8. The second-order valence-electron chi connectivity index (χ2n) is 4.86. The lowest BCUT2D eigenvalue weighted by Gasteiger charge is -2.34. The lowest BCUT2D eigenvalue weighted by atomic mass is 9.85. The number of nitrogens with zero attached hydrogens (tertiary/aromatic N) is 3. The topological polar surface area (TPSA) is 21.1 Å². The Morgan fingerprint density at radius 1 is 1.56 bits per heavy atom. The monoisotopic (exact) mass is 285 g/mol. The van der Waals surface area contributed by atoms with Crippen LogP contribution in [0.1, 0.15) is 18.7 Å². The van der Waals surface area contributed by atoms with E-state index in [9.17, 15) is 0 Å². The van der Waals surface area contributed by atoms with Crippen LogP contribution in [0.3, 0.4) is 0 Å². The van der Waals surface area contributed by atoms with E-state index in [0.29, 0.717) is 0 Å². The molecule has 4 heteroatoms. The third kappa shape index (κ3) is 3.08. The first-order valence-corrected chi connectivity index (χ1v) is 6.87. The van der Waals surface area contributed by atoms with Crippen molar-refractivity contribution in [3.63, 3.8) is 0 Å². The zero-order valence-electron chi connectivity index (χ0n) is 10.1. The molecular weight excluding hydrogens is 266 g/mol. The molecule has 0 saturated heterocycles. The van der Waals surface area contributed by atoms with Gasteiger partial charge in [0.05, 0.1) is 0 Å². The van der Waals surface area contributed by atoms with Crippen LogP contribution < -0.4 is 0 Å². The van der Waals surface area contributed by atoms with E-state index in [-0.39, 0.29) is 0 Å². The van der Waals surface area contributed by atoms with Gasteiger partial charge < -0.3 is 9.47 Å². The molecule has 0 spiro atoms. The molecule has 0 bridgehead atoms. The molecule has 16 heavy (non-hydrogen) atoms. The number of halogens is 1. The number of likely N-dealkylation sites (N-methyl/N-ethyl adjacent to an activating group) is 1. The van der Waals surface area contributed by atoms with E-state index in [4.69, 9.17) is 0 Å². The Hall–Kier alpha value is -0.350. The van der Waals surface area contributed by atoms with Gasteiger partial charge in [0.2, 0.25) is 0 Å². The first-order valence-electron chi connectivity index (χ1n) is 5.95. The van der Waals surface area contributed by atoms with Crippen LogP contribution in [-0.2, 0) is 6.54 Å². The summed E-state index contributed by atoms with van der Waals surface area (Å²) in [6.07, 6.45) is 6.61. The van der Waals surface area contributed by atoms with Crippen molar-refractivity contribution < 1.29 is 0 Å². The lowest BCUT2D eigenvalue weighted by Crippen LogP contribution is -2.36. The van der Waals surface area contributed by atoms with Gasteiger partial charge in [0, 0.05) is 36.9 Å². The first-order chi connectivity index (χ1) is 7.65. The Morgan fingerprint density at radius 2 is 2.31 bits per heavy atom.